The maximum absolute atomic E-state index is 7.20. The van der Waals surface area contributed by atoms with Crippen molar-refractivity contribution in [1.82, 2.24) is 0 Å². The molecule has 4 heteroatoms. The lowest BCUT2D eigenvalue weighted by molar-refractivity contribution is -0.106. The molecule has 0 spiro atoms. The van der Waals surface area contributed by atoms with Crippen LogP contribution >= 0.6 is 0 Å². The first-order valence-corrected chi connectivity index (χ1v) is 13.4. The molecule has 160 valence electrons. The van der Waals surface area contributed by atoms with Crippen LogP contribution in [0.4, 0.5) is 0 Å². The molecule has 1 aliphatic rings. The van der Waals surface area contributed by atoms with Crippen molar-refractivity contribution in [2.45, 2.75) is 122 Å². The zero-order valence-corrected chi connectivity index (χ0v) is 20.3. The third kappa shape index (κ3) is 6.99. The number of allylic oxidation sites excluding steroid dienone is 1. The molecule has 0 aliphatic heterocycles. The first kappa shape index (κ1) is 24.9. The molecule has 0 bridgehead atoms. The van der Waals surface area contributed by atoms with E-state index >= 15 is 0 Å². The minimum atomic E-state index is -1.84. The standard InChI is InChI=1S/C23H46O3Si/c1-18(2)27(19(3)4,20(5)6)26-22-16-11-9-10-14-21(22)15-12-13-17-23(24-7)25-8/h15,18-20,22-23H,9-14,16-17H2,1-8H3/b21-15-. The van der Waals surface area contributed by atoms with Crippen LogP contribution in [0.2, 0.25) is 16.6 Å². The first-order valence-electron chi connectivity index (χ1n) is 11.2. The Hall–Kier alpha value is -0.163. The topological polar surface area (TPSA) is 27.7 Å². The predicted molar refractivity (Wildman–Crippen MR) is 119 cm³/mol. The smallest absolute Gasteiger partial charge is 0.201 e. The molecule has 3 nitrogen and oxygen atoms in total. The van der Waals surface area contributed by atoms with Gasteiger partial charge in [0.25, 0.3) is 0 Å². The molecular weight excluding hydrogens is 352 g/mol. The SMILES string of the molecule is COC(CCC/C=C1/CCCCCC1O[Si](C(C)C)(C(C)C)C(C)C)OC. The van der Waals surface area contributed by atoms with Crippen molar-refractivity contribution < 1.29 is 13.9 Å². The summed E-state index contributed by atoms with van der Waals surface area (Å²) in [5.41, 5.74) is 3.50. The van der Waals surface area contributed by atoms with Crippen molar-refractivity contribution in [3.05, 3.63) is 11.6 Å². The second-order valence-electron chi connectivity index (χ2n) is 9.13. The Bertz CT molecular complexity index is 406. The van der Waals surface area contributed by atoms with E-state index in [1.807, 2.05) is 0 Å². The van der Waals surface area contributed by atoms with Crippen LogP contribution < -0.4 is 0 Å². The molecule has 1 rings (SSSR count). The summed E-state index contributed by atoms with van der Waals surface area (Å²) < 4.78 is 17.8. The first-order chi connectivity index (χ1) is 12.8. The number of rotatable bonds is 11. The Balaban J connectivity index is 2.90. The summed E-state index contributed by atoms with van der Waals surface area (Å²) >= 11 is 0. The van der Waals surface area contributed by atoms with Crippen LogP contribution in [0.25, 0.3) is 0 Å². The van der Waals surface area contributed by atoms with Crippen LogP contribution in [0, 0.1) is 0 Å². The number of ether oxygens (including phenoxy) is 2. The van der Waals surface area contributed by atoms with E-state index in [0.717, 1.165) is 19.3 Å². The third-order valence-electron chi connectivity index (χ3n) is 6.48. The minimum absolute atomic E-state index is 0.0764. The van der Waals surface area contributed by atoms with E-state index in [0.29, 0.717) is 22.7 Å². The van der Waals surface area contributed by atoms with Gasteiger partial charge < -0.3 is 13.9 Å². The molecule has 0 N–H and O–H groups in total. The molecule has 27 heavy (non-hydrogen) atoms. The summed E-state index contributed by atoms with van der Waals surface area (Å²) in [7, 11) is 1.60. The Morgan fingerprint density at radius 1 is 0.926 bits per heavy atom. The third-order valence-corrected chi connectivity index (χ3v) is 12.6. The van der Waals surface area contributed by atoms with E-state index in [2.05, 4.69) is 47.6 Å². The fourth-order valence-corrected chi connectivity index (χ4v) is 10.7. The quantitative estimate of drug-likeness (QED) is 0.121. The minimum Gasteiger partial charge on any atom is -0.409 e. The predicted octanol–water partition coefficient (Wildman–Crippen LogP) is 7.23. The summed E-state index contributed by atoms with van der Waals surface area (Å²) in [5, 5.41) is 0. The summed E-state index contributed by atoms with van der Waals surface area (Å²) in [4.78, 5) is 0. The van der Waals surface area contributed by atoms with Crippen molar-refractivity contribution in [3.8, 4) is 0 Å². The maximum atomic E-state index is 7.20. The maximum Gasteiger partial charge on any atom is 0.201 e. The zero-order valence-electron chi connectivity index (χ0n) is 19.3. The van der Waals surface area contributed by atoms with E-state index in [9.17, 15) is 0 Å². The molecule has 0 aromatic carbocycles. The molecule has 1 unspecified atom stereocenters. The molecule has 1 fully saturated rings. The number of methoxy groups -OCH3 is 2. The van der Waals surface area contributed by atoms with Gasteiger partial charge in [0.15, 0.2) is 6.29 Å². The lowest BCUT2D eigenvalue weighted by Gasteiger charge is -2.45. The van der Waals surface area contributed by atoms with Crippen LogP contribution in [-0.2, 0) is 13.9 Å². The van der Waals surface area contributed by atoms with Crippen molar-refractivity contribution >= 4 is 8.32 Å². The monoisotopic (exact) mass is 398 g/mol. The average molecular weight is 399 g/mol. The van der Waals surface area contributed by atoms with Gasteiger partial charge in [0, 0.05) is 14.2 Å². The molecule has 0 aromatic rings. The summed E-state index contributed by atoms with van der Waals surface area (Å²) in [6.07, 6.45) is 12.3. The van der Waals surface area contributed by atoms with Gasteiger partial charge in [-0.15, -0.1) is 0 Å². The van der Waals surface area contributed by atoms with Crippen molar-refractivity contribution in [1.29, 1.82) is 0 Å². The van der Waals surface area contributed by atoms with Gasteiger partial charge in [-0.05, 0) is 60.7 Å². The Kier molecular flexibility index (Phi) is 11.4. The fraction of sp³-hybridized carbons (Fsp3) is 0.913. The highest BCUT2D eigenvalue weighted by Crippen LogP contribution is 2.45. The molecule has 0 aromatic heterocycles. The van der Waals surface area contributed by atoms with Crippen LogP contribution in [0.3, 0.4) is 0 Å². The van der Waals surface area contributed by atoms with Gasteiger partial charge in [-0.1, -0.05) is 60.5 Å². The van der Waals surface area contributed by atoms with Gasteiger partial charge in [0.2, 0.25) is 8.32 Å². The van der Waals surface area contributed by atoms with E-state index in [1.165, 1.54) is 32.1 Å². The second-order valence-corrected chi connectivity index (χ2v) is 14.5. The Morgan fingerprint density at radius 3 is 2.04 bits per heavy atom. The van der Waals surface area contributed by atoms with Crippen molar-refractivity contribution in [2.75, 3.05) is 14.2 Å². The van der Waals surface area contributed by atoms with E-state index in [1.54, 1.807) is 19.8 Å². The van der Waals surface area contributed by atoms with E-state index in [4.69, 9.17) is 13.9 Å². The summed E-state index contributed by atoms with van der Waals surface area (Å²) in [6.45, 7) is 14.3. The lowest BCUT2D eigenvalue weighted by atomic mass is 10.0. The summed E-state index contributed by atoms with van der Waals surface area (Å²) in [5.74, 6) is 0. The van der Waals surface area contributed by atoms with Gasteiger partial charge in [0.05, 0.1) is 6.10 Å². The van der Waals surface area contributed by atoms with Gasteiger partial charge in [-0.3, -0.25) is 0 Å². The normalized spacial score (nSPS) is 21.0. The highest BCUT2D eigenvalue weighted by Gasteiger charge is 2.47. The van der Waals surface area contributed by atoms with Crippen LogP contribution in [0.5, 0.6) is 0 Å². The molecular formula is C23H46O3Si. The number of unbranched alkanes of at least 4 members (excludes halogenated alkanes) is 1. The number of hydrogen-bond acceptors (Lipinski definition) is 3. The van der Waals surface area contributed by atoms with Gasteiger partial charge in [-0.2, -0.15) is 0 Å². The average Bonchev–Trinajstić information content (AvgIpc) is 2.83. The molecule has 0 saturated heterocycles. The summed E-state index contributed by atoms with van der Waals surface area (Å²) in [6, 6.07) is 0. The number of hydrogen-bond donors (Lipinski definition) is 0. The molecule has 0 heterocycles. The highest BCUT2D eigenvalue weighted by atomic mass is 28.4. The van der Waals surface area contributed by atoms with Crippen molar-refractivity contribution in [2.24, 2.45) is 0 Å². The molecule has 1 aliphatic carbocycles. The zero-order chi connectivity index (χ0) is 20.4. The van der Waals surface area contributed by atoms with Crippen LogP contribution in [-0.4, -0.2) is 34.9 Å². The molecule has 1 atom stereocenters. The van der Waals surface area contributed by atoms with E-state index in [-0.39, 0.29) is 6.29 Å². The Labute approximate surface area is 170 Å². The fourth-order valence-electron chi connectivity index (χ4n) is 5.11. The highest BCUT2D eigenvalue weighted by molar-refractivity contribution is 6.77. The lowest BCUT2D eigenvalue weighted by Crippen LogP contribution is -2.50. The second kappa shape index (κ2) is 12.4. The van der Waals surface area contributed by atoms with Crippen LogP contribution in [0.15, 0.2) is 11.6 Å². The molecule has 0 amide bonds. The molecule has 0 radical (unpaired) electrons. The Morgan fingerprint density at radius 2 is 1.52 bits per heavy atom. The van der Waals surface area contributed by atoms with Gasteiger partial charge >= 0.3 is 0 Å². The molecule has 1 saturated carbocycles. The van der Waals surface area contributed by atoms with Crippen molar-refractivity contribution in [3.63, 3.8) is 0 Å². The van der Waals surface area contributed by atoms with E-state index < -0.39 is 8.32 Å². The van der Waals surface area contributed by atoms with Crippen LogP contribution in [0.1, 0.15) is 92.9 Å². The largest absolute Gasteiger partial charge is 0.409 e. The van der Waals surface area contributed by atoms with Gasteiger partial charge in [-0.25, -0.2) is 0 Å². The van der Waals surface area contributed by atoms with Gasteiger partial charge in [0.1, 0.15) is 0 Å².